The molecule has 5 aromatic heterocycles. The van der Waals surface area contributed by atoms with E-state index in [2.05, 4.69) is 119 Å². The van der Waals surface area contributed by atoms with E-state index in [1.165, 1.54) is 91.4 Å². The van der Waals surface area contributed by atoms with E-state index < -0.39 is 5.97 Å². The first-order chi connectivity index (χ1) is 45.5. The van der Waals surface area contributed by atoms with Crippen molar-refractivity contribution in [1.29, 1.82) is 5.26 Å². The highest BCUT2D eigenvalue weighted by Gasteiger charge is 2.40. The van der Waals surface area contributed by atoms with Gasteiger partial charge in [-0.05, 0) is 134 Å². The maximum Gasteiger partial charge on any atom is 0.346 e. The minimum atomic E-state index is -1.25. The molecule has 17 heteroatoms. The minimum Gasteiger partial charge on any atom is -0.487 e. The third-order valence-corrected chi connectivity index (χ3v) is 26.0. The molecule has 93 heavy (non-hydrogen) atoms. The van der Waals surface area contributed by atoms with E-state index in [1.807, 2.05) is 41.7 Å². The average Bonchev–Trinajstić information content (AvgIpc) is 1.61. The SMILES string of the molecule is CCCCCCSc1ccc(N(c2ccc(SCCCCCC)cc2)c2ccc(-c3sc(-c4nc5sc(-c6sc(-c7ccc(/C=C(/C#N)C(=O)O)s7)c7c6OCC(CCCCC)(CCCCC)CO7)nc5s4)c4c3OCC(CCCCC)(CCCCC)CO4)cc2)cc1. The average molecular weight is 1380 g/mol. The Labute approximate surface area is 582 Å². The molecule has 0 aliphatic carbocycles. The number of thiazole rings is 2. The second kappa shape index (κ2) is 35.1. The number of hydrogen-bond acceptors (Lipinski definition) is 16. The molecule has 496 valence electrons. The van der Waals surface area contributed by atoms with E-state index in [9.17, 15) is 15.2 Å². The predicted molar refractivity (Wildman–Crippen MR) is 400 cm³/mol. The molecular weight excluding hydrogens is 1290 g/mol. The molecule has 3 aromatic carbocycles. The number of carboxylic acids is 1. The molecule has 0 saturated carbocycles. The Morgan fingerprint density at radius 3 is 1.29 bits per heavy atom. The lowest BCUT2D eigenvalue weighted by Crippen LogP contribution is -2.33. The molecule has 0 unspecified atom stereocenters. The number of thiophene rings is 3. The van der Waals surface area contributed by atoms with Gasteiger partial charge in [-0.1, -0.05) is 192 Å². The van der Waals surface area contributed by atoms with Crippen molar-refractivity contribution >= 4 is 119 Å². The van der Waals surface area contributed by atoms with Gasteiger partial charge in [0.25, 0.3) is 0 Å². The van der Waals surface area contributed by atoms with Crippen LogP contribution in [0.4, 0.5) is 17.1 Å². The zero-order valence-electron chi connectivity index (χ0n) is 55.5. The van der Waals surface area contributed by atoms with Crippen LogP contribution in [0.1, 0.15) is 201 Å². The number of carboxylic acid groups (broad SMARTS) is 1. The summed E-state index contributed by atoms with van der Waals surface area (Å²) < 4.78 is 28.6. The first kappa shape index (κ1) is 70.5. The van der Waals surface area contributed by atoms with Gasteiger partial charge in [0.2, 0.25) is 0 Å². The number of rotatable bonds is 37. The fourth-order valence-electron chi connectivity index (χ4n) is 12.5. The third kappa shape index (κ3) is 18.0. The van der Waals surface area contributed by atoms with Gasteiger partial charge in [-0.15, -0.1) is 57.5 Å². The molecule has 0 spiro atoms. The Balaban J connectivity index is 1.01. The Morgan fingerprint density at radius 2 is 0.882 bits per heavy atom. The quantitative estimate of drug-likeness (QED) is 0.0172. The van der Waals surface area contributed by atoms with Crippen molar-refractivity contribution in [1.82, 2.24) is 9.97 Å². The molecule has 0 bridgehead atoms. The highest BCUT2D eigenvalue weighted by molar-refractivity contribution is 7.99. The molecule has 2 aliphatic rings. The Kier molecular flexibility index (Phi) is 26.6. The number of nitrogens with zero attached hydrogens (tertiary/aromatic N) is 4. The number of unbranched alkanes of at least 4 members (excludes halogenated alkanes) is 14. The van der Waals surface area contributed by atoms with Gasteiger partial charge in [-0.25, -0.2) is 14.8 Å². The Morgan fingerprint density at radius 1 is 0.495 bits per heavy atom. The summed E-state index contributed by atoms with van der Waals surface area (Å²) in [4.78, 5) is 34.8. The molecule has 0 saturated heterocycles. The zero-order valence-corrected chi connectivity index (χ0v) is 61.2. The molecular formula is C76H94N4O6S7. The highest BCUT2D eigenvalue weighted by atomic mass is 32.2. The lowest BCUT2D eigenvalue weighted by molar-refractivity contribution is -0.132. The monoisotopic (exact) mass is 1380 g/mol. The summed E-state index contributed by atoms with van der Waals surface area (Å²) in [6.45, 7) is 15.9. The molecule has 1 N–H and O–H groups in total. The summed E-state index contributed by atoms with van der Waals surface area (Å²) in [5.41, 5.74) is 3.83. The van der Waals surface area contributed by atoms with Gasteiger partial charge in [0.1, 0.15) is 31.4 Å². The van der Waals surface area contributed by atoms with Crippen LogP contribution in [0.2, 0.25) is 0 Å². The number of benzene rings is 3. The standard InChI is InChI=1S/C76H94N4O6S7/c1-7-13-19-25-45-87-58-35-31-56(32-36-58)80(57-33-37-59(38-34-57)88-46-26-20-14-8-2)55-29-27-53(28-30-55)66-62-64(85-51-75(49-83-62,41-21-15-9-3)42-22-16-10-4)68(90-66)70-78-72-73(92-70)79-71(93-72)69-65-63(67(91-69)61-40-39-60(89-61)47-54(48-77)74(81)82)84-50-76(52-86-65,43-23-17-11-5)44-24-18-12-6/h27-40,47H,7-26,41-46,49-52H2,1-6H3,(H,81,82)/b54-47-. The summed E-state index contributed by atoms with van der Waals surface area (Å²) in [5, 5.41) is 21.0. The Bertz CT molecular complexity index is 3610. The van der Waals surface area contributed by atoms with Crippen LogP contribution in [0.3, 0.4) is 0 Å². The van der Waals surface area contributed by atoms with Crippen molar-refractivity contribution in [2.75, 3.05) is 42.8 Å². The Hall–Kier alpha value is -5.32. The topological polar surface area (TPSA) is 127 Å². The van der Waals surface area contributed by atoms with E-state index in [4.69, 9.17) is 28.9 Å². The zero-order chi connectivity index (χ0) is 65.0. The van der Waals surface area contributed by atoms with Gasteiger partial charge in [-0.2, -0.15) is 5.26 Å². The first-order valence-electron chi connectivity index (χ1n) is 34.5. The predicted octanol–water partition coefficient (Wildman–Crippen LogP) is 25.2. The van der Waals surface area contributed by atoms with Crippen LogP contribution in [0.15, 0.2) is 100 Å². The normalized spacial score (nSPS) is 14.3. The summed E-state index contributed by atoms with van der Waals surface area (Å²) in [7, 11) is 0. The summed E-state index contributed by atoms with van der Waals surface area (Å²) in [5.74, 6) is 4.00. The van der Waals surface area contributed by atoms with Gasteiger partial charge in [0, 0.05) is 47.4 Å². The number of fused-ring (bicyclic) bond motifs is 3. The maximum absolute atomic E-state index is 11.9. The first-order valence-corrected chi connectivity index (χ1v) is 40.5. The van der Waals surface area contributed by atoms with Crippen molar-refractivity contribution in [3.63, 3.8) is 0 Å². The number of aromatic nitrogens is 2. The van der Waals surface area contributed by atoms with E-state index in [0.717, 1.165) is 180 Å². The molecule has 10 rings (SSSR count). The molecule has 2 aliphatic heterocycles. The van der Waals surface area contributed by atoms with Gasteiger partial charge in [0.15, 0.2) is 32.7 Å². The van der Waals surface area contributed by atoms with Crippen LogP contribution in [0.25, 0.3) is 55.7 Å². The van der Waals surface area contributed by atoms with Crippen LogP contribution in [-0.4, -0.2) is 59.0 Å². The van der Waals surface area contributed by atoms with Gasteiger partial charge in [-0.3, -0.25) is 0 Å². The van der Waals surface area contributed by atoms with E-state index in [1.54, 1.807) is 45.3 Å². The van der Waals surface area contributed by atoms with E-state index >= 15 is 0 Å². The molecule has 0 fully saturated rings. The van der Waals surface area contributed by atoms with Crippen molar-refractivity contribution in [2.45, 2.75) is 205 Å². The number of anilines is 3. The minimum absolute atomic E-state index is 0.112. The number of nitriles is 1. The number of hydrogen-bond donors (Lipinski definition) is 1. The second-order valence-corrected chi connectivity index (χ2v) is 32.8. The van der Waals surface area contributed by atoms with Crippen LogP contribution in [0.5, 0.6) is 23.0 Å². The smallest absolute Gasteiger partial charge is 0.346 e. The van der Waals surface area contributed by atoms with Crippen LogP contribution in [-0.2, 0) is 4.79 Å². The van der Waals surface area contributed by atoms with Crippen molar-refractivity contribution in [3.8, 4) is 69.0 Å². The molecule has 0 amide bonds. The number of aliphatic carboxylic acids is 1. The molecule has 0 radical (unpaired) electrons. The third-order valence-electron chi connectivity index (χ3n) is 17.9. The van der Waals surface area contributed by atoms with Crippen molar-refractivity contribution in [3.05, 3.63) is 95.4 Å². The van der Waals surface area contributed by atoms with Crippen molar-refractivity contribution in [2.24, 2.45) is 10.8 Å². The van der Waals surface area contributed by atoms with Gasteiger partial charge in [0.05, 0.1) is 36.2 Å². The van der Waals surface area contributed by atoms with Gasteiger partial charge >= 0.3 is 5.97 Å². The van der Waals surface area contributed by atoms with Crippen LogP contribution in [0, 0.1) is 22.2 Å². The van der Waals surface area contributed by atoms with E-state index in [-0.39, 0.29) is 16.4 Å². The lowest BCUT2D eigenvalue weighted by atomic mass is 9.79. The fourth-order valence-corrected chi connectivity index (χ4v) is 19.9. The molecule has 0 atom stereocenters. The summed E-state index contributed by atoms with van der Waals surface area (Å²) >= 11 is 11.8. The number of carbonyl (C=O) groups is 1. The highest BCUT2D eigenvalue weighted by Crippen LogP contribution is 2.59. The summed E-state index contributed by atoms with van der Waals surface area (Å²) in [6.07, 6.45) is 29.6. The number of ether oxygens (including phenoxy) is 4. The van der Waals surface area contributed by atoms with Crippen LogP contribution >= 0.6 is 80.2 Å². The maximum atomic E-state index is 11.9. The molecule has 7 heterocycles. The molecule has 8 aromatic rings. The number of thioether (sulfide) groups is 2. The van der Waals surface area contributed by atoms with Crippen molar-refractivity contribution < 1.29 is 28.8 Å². The van der Waals surface area contributed by atoms with Crippen LogP contribution < -0.4 is 23.8 Å². The molecule has 10 nitrogen and oxygen atoms in total. The van der Waals surface area contributed by atoms with E-state index in [0.29, 0.717) is 42.8 Å². The lowest BCUT2D eigenvalue weighted by Gasteiger charge is -2.31. The largest absolute Gasteiger partial charge is 0.487 e. The van der Waals surface area contributed by atoms with Gasteiger partial charge < -0.3 is 29.0 Å². The second-order valence-electron chi connectivity index (χ2n) is 25.3. The fraction of sp³-hybridized carbons (Fsp3) is 0.500. The summed E-state index contributed by atoms with van der Waals surface area (Å²) in [6, 6.07) is 33.0.